The highest BCUT2D eigenvalue weighted by atomic mass is 79.9. The van der Waals surface area contributed by atoms with Crippen molar-refractivity contribution in [3.8, 4) is 5.75 Å². The van der Waals surface area contributed by atoms with Crippen LogP contribution in [-0.2, 0) is 10.0 Å². The Kier molecular flexibility index (Phi) is 5.62. The molecule has 21 heavy (non-hydrogen) atoms. The van der Waals surface area contributed by atoms with Gasteiger partial charge in [0.1, 0.15) is 16.5 Å². The van der Waals surface area contributed by atoms with Gasteiger partial charge in [0, 0.05) is 0 Å². The molecule has 1 aliphatic rings. The SMILES string of the molecule is CC(C[C@H]1CCCC[C@@H]1Oc1ccc(Br)nc1)S(N)(=O)=O. The minimum Gasteiger partial charge on any atom is -0.489 e. The maximum absolute atomic E-state index is 11.4. The number of aromatic nitrogens is 1. The summed E-state index contributed by atoms with van der Waals surface area (Å²) in [7, 11) is -3.48. The van der Waals surface area contributed by atoms with Gasteiger partial charge in [-0.1, -0.05) is 6.42 Å². The van der Waals surface area contributed by atoms with Crippen LogP contribution in [0.15, 0.2) is 22.9 Å². The zero-order valence-corrected chi connectivity index (χ0v) is 14.4. The molecule has 0 radical (unpaired) electrons. The van der Waals surface area contributed by atoms with Gasteiger partial charge in [-0.2, -0.15) is 0 Å². The highest BCUT2D eigenvalue weighted by Gasteiger charge is 2.31. The molecule has 2 rings (SSSR count). The highest BCUT2D eigenvalue weighted by molar-refractivity contribution is 9.10. The number of hydrogen-bond donors (Lipinski definition) is 1. The van der Waals surface area contributed by atoms with E-state index in [-0.39, 0.29) is 12.0 Å². The average Bonchev–Trinajstić information content (AvgIpc) is 2.42. The summed E-state index contributed by atoms with van der Waals surface area (Å²) in [5.41, 5.74) is 0. The number of halogens is 1. The van der Waals surface area contributed by atoms with Gasteiger partial charge in [0.15, 0.2) is 0 Å². The molecule has 3 atom stereocenters. The molecule has 1 saturated carbocycles. The van der Waals surface area contributed by atoms with Crippen molar-refractivity contribution in [1.82, 2.24) is 4.98 Å². The summed E-state index contributed by atoms with van der Waals surface area (Å²) in [5.74, 6) is 0.939. The lowest BCUT2D eigenvalue weighted by molar-refractivity contribution is 0.0871. The number of primary sulfonamides is 1. The smallest absolute Gasteiger partial charge is 0.211 e. The number of nitrogens with two attached hydrogens (primary N) is 1. The summed E-state index contributed by atoms with van der Waals surface area (Å²) in [4.78, 5) is 4.15. The molecule has 0 bridgehead atoms. The van der Waals surface area contributed by atoms with Gasteiger partial charge in [-0.05, 0) is 66.6 Å². The number of nitrogens with zero attached hydrogens (tertiary/aromatic N) is 1. The summed E-state index contributed by atoms with van der Waals surface area (Å²) < 4.78 is 29.6. The Morgan fingerprint density at radius 2 is 2.14 bits per heavy atom. The molecular formula is C14H21BrN2O3S. The van der Waals surface area contributed by atoms with E-state index in [9.17, 15) is 8.42 Å². The van der Waals surface area contributed by atoms with Crippen LogP contribution < -0.4 is 9.88 Å². The predicted octanol–water partition coefficient (Wildman–Crippen LogP) is 2.85. The third-order valence-corrected chi connectivity index (χ3v) is 5.81. The van der Waals surface area contributed by atoms with Crippen molar-refractivity contribution in [2.24, 2.45) is 11.1 Å². The standard InChI is InChI=1S/C14H21BrN2O3S/c1-10(21(16,18)19)8-11-4-2-3-5-13(11)20-12-6-7-14(15)17-9-12/h6-7,9-11,13H,2-5,8H2,1H3,(H2,16,18,19)/t10?,11-,13+/m1/s1. The Bertz CT molecular complexity index is 562. The Balaban J connectivity index is 2.03. The highest BCUT2D eigenvalue weighted by Crippen LogP contribution is 2.32. The van der Waals surface area contributed by atoms with Gasteiger partial charge in [-0.25, -0.2) is 18.5 Å². The molecule has 1 unspecified atom stereocenters. The summed E-state index contributed by atoms with van der Waals surface area (Å²) in [6.45, 7) is 1.67. The van der Waals surface area contributed by atoms with E-state index in [4.69, 9.17) is 9.88 Å². The van der Waals surface area contributed by atoms with E-state index in [2.05, 4.69) is 20.9 Å². The summed E-state index contributed by atoms with van der Waals surface area (Å²) in [6.07, 6.45) is 6.40. The molecule has 1 heterocycles. The quantitative estimate of drug-likeness (QED) is 0.800. The van der Waals surface area contributed by atoms with Crippen molar-refractivity contribution in [1.29, 1.82) is 0 Å². The zero-order chi connectivity index (χ0) is 15.5. The lowest BCUT2D eigenvalue weighted by Crippen LogP contribution is -2.36. The van der Waals surface area contributed by atoms with Gasteiger partial charge in [-0.15, -0.1) is 0 Å². The van der Waals surface area contributed by atoms with Crippen LogP contribution in [-0.4, -0.2) is 24.8 Å². The van der Waals surface area contributed by atoms with Gasteiger partial charge < -0.3 is 4.74 Å². The van der Waals surface area contributed by atoms with E-state index < -0.39 is 15.3 Å². The summed E-state index contributed by atoms with van der Waals surface area (Å²) >= 11 is 3.29. The monoisotopic (exact) mass is 376 g/mol. The fourth-order valence-electron chi connectivity index (χ4n) is 2.77. The van der Waals surface area contributed by atoms with Gasteiger partial charge in [0.05, 0.1) is 11.4 Å². The lowest BCUT2D eigenvalue weighted by Gasteiger charge is -2.33. The maximum Gasteiger partial charge on any atom is 0.211 e. The van der Waals surface area contributed by atoms with Crippen molar-refractivity contribution in [2.75, 3.05) is 0 Å². The Hall–Kier alpha value is -0.660. The number of pyridine rings is 1. The molecule has 5 nitrogen and oxygen atoms in total. The van der Waals surface area contributed by atoms with Crippen molar-refractivity contribution < 1.29 is 13.2 Å². The van der Waals surface area contributed by atoms with E-state index >= 15 is 0 Å². The second-order valence-electron chi connectivity index (χ2n) is 5.65. The Labute approximate surface area is 134 Å². The van der Waals surface area contributed by atoms with Crippen molar-refractivity contribution in [3.63, 3.8) is 0 Å². The van der Waals surface area contributed by atoms with Gasteiger partial charge >= 0.3 is 0 Å². The molecule has 0 saturated heterocycles. The molecule has 1 aromatic rings. The third kappa shape index (κ3) is 4.93. The van der Waals surface area contributed by atoms with E-state index in [0.29, 0.717) is 6.42 Å². The average molecular weight is 377 g/mol. The van der Waals surface area contributed by atoms with Crippen LogP contribution in [0.25, 0.3) is 0 Å². The first kappa shape index (κ1) is 16.7. The first-order valence-corrected chi connectivity index (χ1v) is 9.56. The van der Waals surface area contributed by atoms with Crippen LogP contribution in [0.4, 0.5) is 0 Å². The second kappa shape index (κ2) is 7.07. The molecule has 1 fully saturated rings. The number of hydrogen-bond acceptors (Lipinski definition) is 4. The van der Waals surface area contributed by atoms with Crippen molar-refractivity contribution in [2.45, 2.75) is 50.4 Å². The van der Waals surface area contributed by atoms with Gasteiger partial charge in [-0.3, -0.25) is 0 Å². The van der Waals surface area contributed by atoms with E-state index in [0.717, 1.165) is 36.0 Å². The molecule has 0 amide bonds. The zero-order valence-electron chi connectivity index (χ0n) is 12.0. The first-order valence-electron chi connectivity index (χ1n) is 7.16. The molecule has 0 aromatic carbocycles. The number of rotatable bonds is 5. The lowest BCUT2D eigenvalue weighted by atomic mass is 9.83. The second-order valence-corrected chi connectivity index (χ2v) is 8.45. The first-order chi connectivity index (χ1) is 9.86. The molecule has 2 N–H and O–H groups in total. The normalized spacial score (nSPS) is 24.5. The van der Waals surface area contributed by atoms with Crippen LogP contribution in [0.3, 0.4) is 0 Å². The van der Waals surface area contributed by atoms with Gasteiger partial charge in [0.25, 0.3) is 0 Å². The minimum atomic E-state index is -3.48. The predicted molar refractivity (Wildman–Crippen MR) is 85.5 cm³/mol. The number of sulfonamides is 1. The Morgan fingerprint density at radius 1 is 1.43 bits per heavy atom. The van der Waals surface area contributed by atoms with Crippen LogP contribution in [0.2, 0.25) is 0 Å². The van der Waals surface area contributed by atoms with Crippen molar-refractivity contribution >= 4 is 26.0 Å². The van der Waals surface area contributed by atoms with Crippen molar-refractivity contribution in [3.05, 3.63) is 22.9 Å². The van der Waals surface area contributed by atoms with Crippen LogP contribution in [0.5, 0.6) is 5.75 Å². The molecule has 1 aliphatic carbocycles. The fraction of sp³-hybridized carbons (Fsp3) is 0.643. The third-order valence-electron chi connectivity index (χ3n) is 4.02. The number of ether oxygens (including phenoxy) is 1. The van der Waals surface area contributed by atoms with Gasteiger partial charge in [0.2, 0.25) is 10.0 Å². The summed E-state index contributed by atoms with van der Waals surface area (Å²) in [5, 5.41) is 4.69. The molecule has 118 valence electrons. The van der Waals surface area contributed by atoms with Crippen LogP contribution in [0.1, 0.15) is 39.0 Å². The topological polar surface area (TPSA) is 82.3 Å². The molecule has 0 aliphatic heterocycles. The maximum atomic E-state index is 11.4. The molecule has 0 spiro atoms. The minimum absolute atomic E-state index is 0.0333. The molecule has 7 heteroatoms. The summed E-state index contributed by atoms with van der Waals surface area (Å²) in [6, 6.07) is 3.70. The Morgan fingerprint density at radius 3 is 2.76 bits per heavy atom. The largest absolute Gasteiger partial charge is 0.489 e. The fourth-order valence-corrected chi connectivity index (χ4v) is 3.52. The van der Waals surface area contributed by atoms with E-state index in [1.807, 2.05) is 12.1 Å². The molecular weight excluding hydrogens is 356 g/mol. The molecule has 1 aromatic heterocycles. The van der Waals surface area contributed by atoms with Crippen LogP contribution in [0, 0.1) is 5.92 Å². The van der Waals surface area contributed by atoms with Crippen LogP contribution >= 0.6 is 15.9 Å². The van der Waals surface area contributed by atoms with E-state index in [1.165, 1.54) is 0 Å². The van der Waals surface area contributed by atoms with E-state index in [1.54, 1.807) is 13.1 Å².